The smallest absolute Gasteiger partial charge is 0.0655 e. The Morgan fingerprint density at radius 3 is 2.80 bits per heavy atom. The van der Waals surface area contributed by atoms with Gasteiger partial charge < -0.3 is 14.8 Å². The summed E-state index contributed by atoms with van der Waals surface area (Å²) >= 11 is 0. The van der Waals surface area contributed by atoms with Crippen molar-refractivity contribution < 1.29 is 9.47 Å². The molecule has 1 heterocycles. The van der Waals surface area contributed by atoms with Crippen LogP contribution in [-0.4, -0.2) is 38.0 Å². The van der Waals surface area contributed by atoms with Gasteiger partial charge in [0.15, 0.2) is 0 Å². The number of ether oxygens (including phenoxy) is 2. The molecule has 0 aromatic heterocycles. The summed E-state index contributed by atoms with van der Waals surface area (Å²) < 4.78 is 11.1. The van der Waals surface area contributed by atoms with E-state index >= 15 is 0 Å². The van der Waals surface area contributed by atoms with Crippen molar-refractivity contribution in [1.82, 2.24) is 5.32 Å². The lowest BCUT2D eigenvalue weighted by Gasteiger charge is -2.52. The molecular weight excluding hydrogens is 190 g/mol. The van der Waals surface area contributed by atoms with Crippen LogP contribution in [0.1, 0.15) is 33.6 Å². The molecule has 3 heteroatoms. The van der Waals surface area contributed by atoms with Crippen LogP contribution in [0.15, 0.2) is 0 Å². The highest BCUT2D eigenvalue weighted by atomic mass is 16.5. The van der Waals surface area contributed by atoms with Gasteiger partial charge in [-0.15, -0.1) is 0 Å². The Bertz CT molecular complexity index is 212. The third-order valence-corrected chi connectivity index (χ3v) is 3.91. The molecule has 3 nitrogen and oxygen atoms in total. The standard InChI is InChI=1S/C12H23NO2/c1-4-15-11-7-10(12(11,2)3)13-9-5-6-14-8-9/h9-11,13H,4-8H2,1-3H3. The molecule has 2 fully saturated rings. The lowest BCUT2D eigenvalue weighted by atomic mass is 9.64. The van der Waals surface area contributed by atoms with Crippen molar-refractivity contribution in [2.45, 2.75) is 51.8 Å². The molecule has 1 saturated carbocycles. The summed E-state index contributed by atoms with van der Waals surface area (Å²) in [6, 6.07) is 1.16. The zero-order chi connectivity index (χ0) is 10.9. The molecule has 3 atom stereocenters. The van der Waals surface area contributed by atoms with E-state index in [9.17, 15) is 0 Å². The average molecular weight is 213 g/mol. The molecule has 0 aromatic carbocycles. The molecule has 0 amide bonds. The summed E-state index contributed by atoms with van der Waals surface area (Å²) in [5.41, 5.74) is 0.276. The molecule has 0 radical (unpaired) electrons. The Kier molecular flexibility index (Phi) is 3.33. The number of nitrogens with one attached hydrogen (secondary N) is 1. The summed E-state index contributed by atoms with van der Waals surface area (Å²) in [6.45, 7) is 9.29. The van der Waals surface area contributed by atoms with Crippen molar-refractivity contribution in [3.63, 3.8) is 0 Å². The average Bonchev–Trinajstić information content (AvgIpc) is 2.69. The van der Waals surface area contributed by atoms with Gasteiger partial charge in [0.25, 0.3) is 0 Å². The molecule has 1 aliphatic heterocycles. The molecule has 3 unspecified atom stereocenters. The fourth-order valence-corrected chi connectivity index (χ4v) is 2.60. The van der Waals surface area contributed by atoms with E-state index in [1.807, 2.05) is 0 Å². The van der Waals surface area contributed by atoms with Crippen LogP contribution in [0.25, 0.3) is 0 Å². The number of hydrogen-bond donors (Lipinski definition) is 1. The fraction of sp³-hybridized carbons (Fsp3) is 1.00. The highest BCUT2D eigenvalue weighted by Gasteiger charge is 2.49. The second kappa shape index (κ2) is 4.40. The summed E-state index contributed by atoms with van der Waals surface area (Å²) in [7, 11) is 0. The Morgan fingerprint density at radius 1 is 1.47 bits per heavy atom. The Hall–Kier alpha value is -0.120. The van der Waals surface area contributed by atoms with Crippen LogP contribution in [0.2, 0.25) is 0 Å². The van der Waals surface area contributed by atoms with Crippen molar-refractivity contribution in [3.05, 3.63) is 0 Å². The van der Waals surface area contributed by atoms with E-state index in [1.54, 1.807) is 0 Å². The van der Waals surface area contributed by atoms with E-state index in [0.717, 1.165) is 32.7 Å². The Labute approximate surface area is 92.5 Å². The quantitative estimate of drug-likeness (QED) is 0.769. The van der Waals surface area contributed by atoms with Gasteiger partial charge in [-0.05, 0) is 19.8 Å². The summed E-state index contributed by atoms with van der Waals surface area (Å²) in [6.07, 6.45) is 2.74. The monoisotopic (exact) mass is 213 g/mol. The zero-order valence-corrected chi connectivity index (χ0v) is 10.1. The minimum Gasteiger partial charge on any atom is -0.380 e. The van der Waals surface area contributed by atoms with Crippen molar-refractivity contribution in [2.75, 3.05) is 19.8 Å². The molecule has 2 aliphatic rings. The van der Waals surface area contributed by atoms with Gasteiger partial charge in [0.1, 0.15) is 0 Å². The number of rotatable bonds is 4. The van der Waals surface area contributed by atoms with E-state index < -0.39 is 0 Å². The minimum atomic E-state index is 0.276. The minimum absolute atomic E-state index is 0.276. The van der Waals surface area contributed by atoms with Crippen LogP contribution < -0.4 is 5.32 Å². The second-order valence-corrected chi connectivity index (χ2v) is 5.28. The molecule has 1 saturated heterocycles. The third-order valence-electron chi connectivity index (χ3n) is 3.91. The van der Waals surface area contributed by atoms with Crippen LogP contribution in [0.5, 0.6) is 0 Å². The first-order valence-corrected chi connectivity index (χ1v) is 6.10. The molecule has 15 heavy (non-hydrogen) atoms. The number of hydrogen-bond acceptors (Lipinski definition) is 3. The molecular formula is C12H23NO2. The van der Waals surface area contributed by atoms with Crippen LogP contribution in [-0.2, 0) is 9.47 Å². The van der Waals surface area contributed by atoms with Crippen LogP contribution in [0.3, 0.4) is 0 Å². The van der Waals surface area contributed by atoms with Gasteiger partial charge >= 0.3 is 0 Å². The third kappa shape index (κ3) is 2.19. The topological polar surface area (TPSA) is 30.5 Å². The first-order chi connectivity index (χ1) is 7.14. The Morgan fingerprint density at radius 2 is 2.27 bits per heavy atom. The lowest BCUT2D eigenvalue weighted by molar-refractivity contribution is -0.116. The van der Waals surface area contributed by atoms with E-state index in [4.69, 9.17) is 9.47 Å². The van der Waals surface area contributed by atoms with Gasteiger partial charge in [-0.3, -0.25) is 0 Å². The van der Waals surface area contributed by atoms with Gasteiger partial charge in [-0.25, -0.2) is 0 Å². The predicted molar refractivity (Wildman–Crippen MR) is 60.0 cm³/mol. The first kappa shape index (κ1) is 11.4. The predicted octanol–water partition coefficient (Wildman–Crippen LogP) is 1.57. The van der Waals surface area contributed by atoms with Crippen molar-refractivity contribution in [3.8, 4) is 0 Å². The molecule has 88 valence electrons. The van der Waals surface area contributed by atoms with E-state index in [1.165, 1.54) is 0 Å². The van der Waals surface area contributed by atoms with E-state index in [-0.39, 0.29) is 5.41 Å². The maximum atomic E-state index is 5.72. The first-order valence-electron chi connectivity index (χ1n) is 6.10. The molecule has 0 spiro atoms. The molecule has 1 aliphatic carbocycles. The van der Waals surface area contributed by atoms with Gasteiger partial charge in [0.2, 0.25) is 0 Å². The summed E-state index contributed by atoms with van der Waals surface area (Å²) in [4.78, 5) is 0. The normalized spacial score (nSPS) is 39.0. The zero-order valence-electron chi connectivity index (χ0n) is 10.1. The van der Waals surface area contributed by atoms with E-state index in [2.05, 4.69) is 26.1 Å². The molecule has 1 N–H and O–H groups in total. The molecule has 2 rings (SSSR count). The van der Waals surface area contributed by atoms with Gasteiger partial charge in [0, 0.05) is 30.7 Å². The highest BCUT2D eigenvalue weighted by Crippen LogP contribution is 2.43. The van der Waals surface area contributed by atoms with Crippen molar-refractivity contribution >= 4 is 0 Å². The second-order valence-electron chi connectivity index (χ2n) is 5.28. The molecule has 0 aromatic rings. The van der Waals surface area contributed by atoms with E-state index in [0.29, 0.717) is 18.2 Å². The van der Waals surface area contributed by atoms with Gasteiger partial charge in [-0.1, -0.05) is 13.8 Å². The van der Waals surface area contributed by atoms with Crippen LogP contribution >= 0.6 is 0 Å². The lowest BCUT2D eigenvalue weighted by Crippen LogP contribution is -2.62. The van der Waals surface area contributed by atoms with Gasteiger partial charge in [-0.2, -0.15) is 0 Å². The molecule has 0 bridgehead atoms. The maximum Gasteiger partial charge on any atom is 0.0655 e. The maximum absolute atomic E-state index is 5.72. The van der Waals surface area contributed by atoms with Crippen molar-refractivity contribution in [1.29, 1.82) is 0 Å². The van der Waals surface area contributed by atoms with Crippen LogP contribution in [0, 0.1) is 5.41 Å². The summed E-state index contributed by atoms with van der Waals surface area (Å²) in [5, 5.41) is 3.69. The fourth-order valence-electron chi connectivity index (χ4n) is 2.60. The SMILES string of the molecule is CCOC1CC(NC2CCOC2)C1(C)C. The Balaban J connectivity index is 1.80. The largest absolute Gasteiger partial charge is 0.380 e. The highest BCUT2D eigenvalue weighted by molar-refractivity contribution is 5.03. The summed E-state index contributed by atoms with van der Waals surface area (Å²) in [5.74, 6) is 0. The van der Waals surface area contributed by atoms with Crippen molar-refractivity contribution in [2.24, 2.45) is 5.41 Å². The van der Waals surface area contributed by atoms with Crippen LogP contribution in [0.4, 0.5) is 0 Å². The van der Waals surface area contributed by atoms with Gasteiger partial charge in [0.05, 0.1) is 12.7 Å².